The van der Waals surface area contributed by atoms with Crippen molar-refractivity contribution in [3.8, 4) is 17.2 Å². The van der Waals surface area contributed by atoms with E-state index in [-0.39, 0.29) is 17.8 Å². The monoisotopic (exact) mass is 468 g/mol. The molecular formula is C24H28N4O4S. The largest absolute Gasteiger partial charge is 0.497 e. The molecule has 3 aromatic rings. The van der Waals surface area contributed by atoms with Gasteiger partial charge in [-0.1, -0.05) is 35.5 Å². The zero-order valence-electron chi connectivity index (χ0n) is 19.2. The Bertz CT molecular complexity index is 1100. The maximum Gasteiger partial charge on any atom is 0.234 e. The summed E-state index contributed by atoms with van der Waals surface area (Å²) in [6.07, 6.45) is 1.43. The molecule has 1 N–H and O–H groups in total. The Hall–Kier alpha value is -3.46. The van der Waals surface area contributed by atoms with Gasteiger partial charge in [-0.2, -0.15) is 0 Å². The van der Waals surface area contributed by atoms with Crippen LogP contribution >= 0.6 is 11.8 Å². The molecule has 2 aromatic carbocycles. The molecule has 0 aliphatic heterocycles. The van der Waals surface area contributed by atoms with E-state index in [1.165, 1.54) is 11.8 Å². The number of aryl methyl sites for hydroxylation is 1. The number of thioether (sulfide) groups is 1. The minimum atomic E-state index is -0.329. The third-order valence-electron chi connectivity index (χ3n) is 4.77. The van der Waals surface area contributed by atoms with Gasteiger partial charge in [0, 0.05) is 12.6 Å². The van der Waals surface area contributed by atoms with Gasteiger partial charge in [0.05, 0.1) is 25.7 Å². The molecule has 0 saturated carbocycles. The van der Waals surface area contributed by atoms with Crippen molar-refractivity contribution in [2.45, 2.75) is 31.7 Å². The fourth-order valence-corrected chi connectivity index (χ4v) is 3.86. The Morgan fingerprint density at radius 1 is 1.15 bits per heavy atom. The van der Waals surface area contributed by atoms with Gasteiger partial charge in [0.2, 0.25) is 5.91 Å². The smallest absolute Gasteiger partial charge is 0.234 e. The van der Waals surface area contributed by atoms with Crippen molar-refractivity contribution in [3.63, 3.8) is 0 Å². The van der Waals surface area contributed by atoms with Gasteiger partial charge in [-0.3, -0.25) is 9.36 Å². The van der Waals surface area contributed by atoms with Crippen LogP contribution in [0.1, 0.15) is 24.4 Å². The molecule has 1 atom stereocenters. The van der Waals surface area contributed by atoms with E-state index in [9.17, 15) is 4.79 Å². The molecule has 174 valence electrons. The topological polar surface area (TPSA) is 87.5 Å². The van der Waals surface area contributed by atoms with Crippen molar-refractivity contribution in [1.82, 2.24) is 14.8 Å². The van der Waals surface area contributed by atoms with Crippen LogP contribution < -0.4 is 19.5 Å². The lowest BCUT2D eigenvalue weighted by atomic mass is 10.2. The molecule has 8 nitrogen and oxygen atoms in total. The second kappa shape index (κ2) is 11.4. The van der Waals surface area contributed by atoms with E-state index in [0.717, 1.165) is 11.3 Å². The van der Waals surface area contributed by atoms with E-state index < -0.39 is 0 Å². The number of ether oxygens (including phenoxy) is 3. The van der Waals surface area contributed by atoms with E-state index in [4.69, 9.17) is 14.2 Å². The Balaban J connectivity index is 1.68. The number of benzene rings is 2. The van der Waals surface area contributed by atoms with E-state index in [2.05, 4.69) is 22.1 Å². The Kier molecular flexibility index (Phi) is 8.37. The van der Waals surface area contributed by atoms with Gasteiger partial charge in [0.25, 0.3) is 0 Å². The number of aromatic nitrogens is 3. The highest BCUT2D eigenvalue weighted by molar-refractivity contribution is 7.99. The van der Waals surface area contributed by atoms with Gasteiger partial charge in [0.1, 0.15) is 17.2 Å². The number of carbonyl (C=O) groups is 1. The zero-order chi connectivity index (χ0) is 23.8. The molecule has 1 heterocycles. The van der Waals surface area contributed by atoms with Gasteiger partial charge in [0.15, 0.2) is 17.1 Å². The Labute approximate surface area is 198 Å². The van der Waals surface area contributed by atoms with Crippen LogP contribution in [0.15, 0.2) is 60.3 Å². The number of rotatable bonds is 11. The number of anilines is 1. The van der Waals surface area contributed by atoms with Gasteiger partial charge in [-0.05, 0) is 38.1 Å². The van der Waals surface area contributed by atoms with Gasteiger partial charge in [-0.25, -0.2) is 0 Å². The molecule has 0 radical (unpaired) electrons. The van der Waals surface area contributed by atoms with Crippen molar-refractivity contribution >= 4 is 23.4 Å². The van der Waals surface area contributed by atoms with Crippen molar-refractivity contribution in [2.24, 2.45) is 0 Å². The lowest BCUT2D eigenvalue weighted by molar-refractivity contribution is -0.113. The number of hydrogen-bond acceptors (Lipinski definition) is 7. The molecule has 0 spiro atoms. The first-order valence-electron chi connectivity index (χ1n) is 10.4. The van der Waals surface area contributed by atoms with Crippen LogP contribution in [-0.2, 0) is 11.3 Å². The number of allylic oxidation sites excluding steroid dienone is 1. The summed E-state index contributed by atoms with van der Waals surface area (Å²) in [5, 5.41) is 12.1. The van der Waals surface area contributed by atoms with Crippen molar-refractivity contribution in [1.29, 1.82) is 0 Å². The first kappa shape index (κ1) is 24.2. The van der Waals surface area contributed by atoms with Crippen LogP contribution in [0, 0.1) is 6.92 Å². The highest BCUT2D eigenvalue weighted by atomic mass is 32.2. The molecule has 1 amide bonds. The molecule has 0 aliphatic rings. The highest BCUT2D eigenvalue weighted by Gasteiger charge is 2.20. The summed E-state index contributed by atoms with van der Waals surface area (Å²) in [4.78, 5) is 12.6. The van der Waals surface area contributed by atoms with Crippen molar-refractivity contribution in [2.75, 3.05) is 25.3 Å². The molecule has 0 fully saturated rings. The first-order chi connectivity index (χ1) is 15.9. The van der Waals surface area contributed by atoms with Crippen molar-refractivity contribution < 1.29 is 19.0 Å². The van der Waals surface area contributed by atoms with Crippen LogP contribution in [0.4, 0.5) is 5.69 Å². The average molecular weight is 469 g/mol. The van der Waals surface area contributed by atoms with Gasteiger partial charge >= 0.3 is 0 Å². The predicted molar refractivity (Wildman–Crippen MR) is 129 cm³/mol. The average Bonchev–Trinajstić information content (AvgIpc) is 3.22. The summed E-state index contributed by atoms with van der Waals surface area (Å²) in [5.74, 6) is 2.52. The van der Waals surface area contributed by atoms with Gasteiger partial charge in [-0.15, -0.1) is 16.8 Å². The number of methoxy groups -OCH3 is 2. The normalized spacial score (nSPS) is 11.5. The molecular weight excluding hydrogens is 440 g/mol. The molecule has 0 bridgehead atoms. The molecule has 33 heavy (non-hydrogen) atoms. The van der Waals surface area contributed by atoms with E-state index in [1.807, 2.05) is 42.7 Å². The molecule has 0 aliphatic carbocycles. The highest BCUT2D eigenvalue weighted by Crippen LogP contribution is 2.30. The number of hydrogen-bond donors (Lipinski definition) is 1. The third kappa shape index (κ3) is 6.29. The lowest BCUT2D eigenvalue weighted by Gasteiger charge is -2.16. The van der Waals surface area contributed by atoms with Gasteiger partial charge < -0.3 is 19.5 Å². The molecule has 1 unspecified atom stereocenters. The van der Waals surface area contributed by atoms with E-state index >= 15 is 0 Å². The first-order valence-corrected chi connectivity index (χ1v) is 11.4. The van der Waals surface area contributed by atoms with E-state index in [1.54, 1.807) is 38.5 Å². The summed E-state index contributed by atoms with van der Waals surface area (Å²) in [6.45, 7) is 8.27. The number of nitrogens with one attached hydrogen (secondary N) is 1. The second-order valence-electron chi connectivity index (χ2n) is 7.22. The Morgan fingerprint density at radius 3 is 2.55 bits per heavy atom. The van der Waals surface area contributed by atoms with Crippen LogP contribution in [0.25, 0.3) is 0 Å². The number of amides is 1. The Morgan fingerprint density at radius 2 is 1.88 bits per heavy atom. The van der Waals surface area contributed by atoms with Crippen LogP contribution in [0.3, 0.4) is 0 Å². The van der Waals surface area contributed by atoms with Crippen LogP contribution in [0.2, 0.25) is 0 Å². The second-order valence-corrected chi connectivity index (χ2v) is 8.16. The molecule has 9 heteroatoms. The molecule has 0 saturated heterocycles. The molecule has 3 rings (SSSR count). The zero-order valence-corrected chi connectivity index (χ0v) is 20.0. The minimum absolute atomic E-state index is 0.142. The summed E-state index contributed by atoms with van der Waals surface area (Å²) in [5.41, 5.74) is 1.70. The van der Waals surface area contributed by atoms with E-state index in [0.29, 0.717) is 34.7 Å². The lowest BCUT2D eigenvalue weighted by Crippen LogP contribution is -2.16. The standard InChI is InChI=1S/C24H28N4O4S/c1-6-13-28-23(17(3)32-18-9-7-16(2)8-10-18)26-27-24(28)33-15-22(29)25-20-14-19(30-4)11-12-21(20)31-5/h6-12,14,17H,1,13,15H2,2-5H3,(H,25,29). The fourth-order valence-electron chi connectivity index (χ4n) is 3.11. The van der Waals surface area contributed by atoms with Crippen molar-refractivity contribution in [3.05, 3.63) is 66.5 Å². The van der Waals surface area contributed by atoms with Crippen LogP contribution in [0.5, 0.6) is 17.2 Å². The summed E-state index contributed by atoms with van der Waals surface area (Å²) in [7, 11) is 3.11. The SMILES string of the molecule is C=CCn1c(SCC(=O)Nc2cc(OC)ccc2OC)nnc1C(C)Oc1ccc(C)cc1. The maximum absolute atomic E-state index is 12.6. The summed E-state index contributed by atoms with van der Waals surface area (Å²) in [6, 6.07) is 13.1. The maximum atomic E-state index is 12.6. The minimum Gasteiger partial charge on any atom is -0.497 e. The summed E-state index contributed by atoms with van der Waals surface area (Å²) >= 11 is 1.29. The number of carbonyl (C=O) groups excluding carboxylic acids is 1. The third-order valence-corrected chi connectivity index (χ3v) is 5.73. The van der Waals surface area contributed by atoms with Crippen LogP contribution in [-0.4, -0.2) is 40.6 Å². The molecule has 1 aromatic heterocycles. The quantitative estimate of drug-likeness (QED) is 0.323. The fraction of sp³-hybridized carbons (Fsp3) is 0.292. The predicted octanol–water partition coefficient (Wildman–Crippen LogP) is 4.66. The number of nitrogens with zero attached hydrogens (tertiary/aromatic N) is 3. The summed E-state index contributed by atoms with van der Waals surface area (Å²) < 4.78 is 18.5.